The van der Waals surface area contributed by atoms with E-state index in [-0.39, 0.29) is 0 Å². The second-order valence-corrected chi connectivity index (χ2v) is 14.3. The van der Waals surface area contributed by atoms with Gasteiger partial charge < -0.3 is 0 Å². The highest BCUT2D eigenvalue weighted by Crippen LogP contribution is 2.38. The Labute approximate surface area is 327 Å². The molecule has 0 aliphatic heterocycles. The second kappa shape index (κ2) is 14.4. The number of hydrogen-bond donors (Lipinski definition) is 0. The third-order valence-electron chi connectivity index (χ3n) is 10.8. The van der Waals surface area contributed by atoms with Crippen LogP contribution in [0.15, 0.2) is 219 Å². The van der Waals surface area contributed by atoms with E-state index in [9.17, 15) is 0 Å². The zero-order valence-electron chi connectivity index (χ0n) is 30.7. The molecule has 8 aromatic carbocycles. The van der Waals surface area contributed by atoms with E-state index in [1.54, 1.807) is 0 Å². The highest BCUT2D eigenvalue weighted by atomic mass is 14.6. The number of fused-ring (bicyclic) bond motifs is 3. The van der Waals surface area contributed by atoms with Crippen LogP contribution >= 0.6 is 0 Å². The van der Waals surface area contributed by atoms with Crippen molar-refractivity contribution in [3.8, 4) is 77.9 Å². The molecule has 0 aliphatic rings. The van der Waals surface area contributed by atoms with Crippen LogP contribution in [0.5, 0.6) is 0 Å². The first-order chi connectivity index (χ1) is 27.7. The van der Waals surface area contributed by atoms with Gasteiger partial charge in [0, 0.05) is 24.8 Å². The van der Waals surface area contributed by atoms with Crippen molar-refractivity contribution in [1.29, 1.82) is 0 Å². The minimum Gasteiger partial charge on any atom is -0.265 e. The first-order valence-corrected chi connectivity index (χ1v) is 19.0. The van der Waals surface area contributed by atoms with Gasteiger partial charge in [0.05, 0.1) is 0 Å². The quantitative estimate of drug-likeness (QED) is 0.154. The van der Waals surface area contributed by atoms with E-state index in [2.05, 4.69) is 204 Å². The number of pyridine rings is 2. The number of aromatic nitrogens is 2. The van der Waals surface area contributed by atoms with Crippen molar-refractivity contribution >= 4 is 21.5 Å². The molecule has 0 saturated heterocycles. The molecule has 0 radical (unpaired) electrons. The molecule has 2 aromatic heterocycles. The van der Waals surface area contributed by atoms with E-state index in [0.717, 1.165) is 11.1 Å². The van der Waals surface area contributed by atoms with Crippen molar-refractivity contribution < 1.29 is 0 Å². The Kier molecular flexibility index (Phi) is 8.55. The zero-order chi connectivity index (χ0) is 37.3. The molecule has 0 saturated carbocycles. The summed E-state index contributed by atoms with van der Waals surface area (Å²) >= 11 is 0. The predicted octanol–water partition coefficient (Wildman–Crippen LogP) is 14.5. The van der Waals surface area contributed by atoms with E-state index < -0.39 is 0 Å². The van der Waals surface area contributed by atoms with Gasteiger partial charge in [0.2, 0.25) is 0 Å². The molecule has 0 spiro atoms. The van der Waals surface area contributed by atoms with E-state index in [1.165, 1.54) is 88.3 Å². The fourth-order valence-electron chi connectivity index (χ4n) is 7.91. The third kappa shape index (κ3) is 6.55. The summed E-state index contributed by atoms with van der Waals surface area (Å²) in [5.74, 6) is 0. The SMILES string of the molecule is c1cc(-c2ccncc2)cc(-c2cccc(-c3cc(-c4cccc(-c5cccc(-c6ccncc6)c5)c4)cc(-c4ccc5ccc6ccccc6c5c4)c3)c2)c1. The summed E-state index contributed by atoms with van der Waals surface area (Å²) in [6.45, 7) is 0. The molecular weight excluding hydrogens is 677 g/mol. The maximum Gasteiger partial charge on any atom is 0.0273 e. The Morgan fingerprint density at radius 3 is 0.964 bits per heavy atom. The highest BCUT2D eigenvalue weighted by molar-refractivity contribution is 6.08. The van der Waals surface area contributed by atoms with Crippen LogP contribution in [0.2, 0.25) is 0 Å². The van der Waals surface area contributed by atoms with Crippen LogP contribution in [-0.4, -0.2) is 9.97 Å². The first-order valence-electron chi connectivity index (χ1n) is 19.0. The molecule has 10 aromatic rings. The summed E-state index contributed by atoms with van der Waals surface area (Å²) in [4.78, 5) is 8.43. The standard InChI is InChI=1S/C54H36N2/c1-2-16-53-39(7-1)17-18-40-19-20-49(36-54(40)53)52-34-50(47-14-5-12-45(31-47)43-10-3-8-41(29-43)37-21-25-55-26-22-37)33-51(35-52)48-15-6-13-46(32-48)44-11-4-9-42(30-44)38-23-27-56-28-24-38/h1-36H. The molecule has 0 unspecified atom stereocenters. The summed E-state index contributed by atoms with van der Waals surface area (Å²) in [6, 6.07) is 70.7. The maximum atomic E-state index is 4.22. The van der Waals surface area contributed by atoms with Crippen LogP contribution in [0, 0.1) is 0 Å². The van der Waals surface area contributed by atoms with Crippen molar-refractivity contribution in [2.24, 2.45) is 0 Å². The number of nitrogens with zero attached hydrogens (tertiary/aromatic N) is 2. The van der Waals surface area contributed by atoms with Gasteiger partial charge in [0.15, 0.2) is 0 Å². The Morgan fingerprint density at radius 2 is 0.518 bits per heavy atom. The van der Waals surface area contributed by atoms with Gasteiger partial charge in [-0.05, 0) is 172 Å². The van der Waals surface area contributed by atoms with Crippen LogP contribution < -0.4 is 0 Å². The van der Waals surface area contributed by atoms with Gasteiger partial charge in [0.1, 0.15) is 0 Å². The van der Waals surface area contributed by atoms with E-state index in [4.69, 9.17) is 0 Å². The number of benzene rings is 8. The maximum absolute atomic E-state index is 4.22. The molecule has 2 heteroatoms. The minimum atomic E-state index is 1.16. The Morgan fingerprint density at radius 1 is 0.196 bits per heavy atom. The summed E-state index contributed by atoms with van der Waals surface area (Å²) in [5, 5.41) is 5.03. The lowest BCUT2D eigenvalue weighted by atomic mass is 9.90. The van der Waals surface area contributed by atoms with Crippen LogP contribution in [0.25, 0.3) is 99.4 Å². The van der Waals surface area contributed by atoms with Crippen LogP contribution in [-0.2, 0) is 0 Å². The topological polar surface area (TPSA) is 25.8 Å². The molecule has 0 aliphatic carbocycles. The summed E-state index contributed by atoms with van der Waals surface area (Å²) < 4.78 is 0. The van der Waals surface area contributed by atoms with Gasteiger partial charge in [-0.25, -0.2) is 0 Å². The fraction of sp³-hybridized carbons (Fsp3) is 0. The van der Waals surface area contributed by atoms with Crippen LogP contribution in [0.4, 0.5) is 0 Å². The second-order valence-electron chi connectivity index (χ2n) is 14.3. The molecule has 0 bridgehead atoms. The molecule has 0 atom stereocenters. The van der Waals surface area contributed by atoms with Crippen LogP contribution in [0.3, 0.4) is 0 Å². The summed E-state index contributed by atoms with van der Waals surface area (Å²) in [6.07, 6.45) is 7.39. The number of rotatable bonds is 7. The van der Waals surface area contributed by atoms with Crippen LogP contribution in [0.1, 0.15) is 0 Å². The van der Waals surface area contributed by atoms with Crippen molar-refractivity contribution in [3.05, 3.63) is 219 Å². The van der Waals surface area contributed by atoms with Gasteiger partial charge in [-0.15, -0.1) is 0 Å². The van der Waals surface area contributed by atoms with E-state index >= 15 is 0 Å². The lowest BCUT2D eigenvalue weighted by Crippen LogP contribution is -1.89. The third-order valence-corrected chi connectivity index (χ3v) is 10.8. The van der Waals surface area contributed by atoms with Crippen molar-refractivity contribution in [3.63, 3.8) is 0 Å². The Balaban J connectivity index is 1.11. The van der Waals surface area contributed by atoms with Gasteiger partial charge in [-0.1, -0.05) is 121 Å². The van der Waals surface area contributed by atoms with Crippen molar-refractivity contribution in [2.75, 3.05) is 0 Å². The molecule has 0 fully saturated rings. The van der Waals surface area contributed by atoms with Gasteiger partial charge in [-0.3, -0.25) is 9.97 Å². The number of hydrogen-bond acceptors (Lipinski definition) is 2. The van der Waals surface area contributed by atoms with Crippen molar-refractivity contribution in [2.45, 2.75) is 0 Å². The first kappa shape index (κ1) is 33.2. The monoisotopic (exact) mass is 712 g/mol. The fourth-order valence-corrected chi connectivity index (χ4v) is 7.91. The largest absolute Gasteiger partial charge is 0.265 e. The smallest absolute Gasteiger partial charge is 0.0273 e. The average Bonchev–Trinajstić information content (AvgIpc) is 3.29. The molecule has 0 N–H and O–H groups in total. The average molecular weight is 713 g/mol. The Hall–Kier alpha value is -7.42. The van der Waals surface area contributed by atoms with Gasteiger partial charge in [-0.2, -0.15) is 0 Å². The lowest BCUT2D eigenvalue weighted by molar-refractivity contribution is 1.33. The predicted molar refractivity (Wildman–Crippen MR) is 235 cm³/mol. The molecule has 0 amide bonds. The minimum absolute atomic E-state index is 1.16. The normalized spacial score (nSPS) is 11.2. The summed E-state index contributed by atoms with van der Waals surface area (Å²) in [5.41, 5.74) is 16.5. The summed E-state index contributed by atoms with van der Waals surface area (Å²) in [7, 11) is 0. The van der Waals surface area contributed by atoms with E-state index in [1.807, 2.05) is 24.8 Å². The van der Waals surface area contributed by atoms with E-state index in [0.29, 0.717) is 0 Å². The molecule has 2 heterocycles. The molecule has 2 nitrogen and oxygen atoms in total. The molecular formula is C54H36N2. The highest BCUT2D eigenvalue weighted by Gasteiger charge is 2.12. The Bertz CT molecular complexity index is 2880. The van der Waals surface area contributed by atoms with Gasteiger partial charge >= 0.3 is 0 Å². The zero-order valence-corrected chi connectivity index (χ0v) is 30.7. The lowest BCUT2D eigenvalue weighted by Gasteiger charge is -2.14. The van der Waals surface area contributed by atoms with Gasteiger partial charge in [0.25, 0.3) is 0 Å². The van der Waals surface area contributed by atoms with Crippen molar-refractivity contribution in [1.82, 2.24) is 9.97 Å². The molecule has 56 heavy (non-hydrogen) atoms. The molecule has 10 rings (SSSR count). The molecule has 262 valence electrons.